The van der Waals surface area contributed by atoms with Crippen molar-refractivity contribution in [3.63, 3.8) is 0 Å². The molecule has 1 fully saturated rings. The SMILES string of the molecule is Cl.FC(F)CNc1cnc(C2CCCN2)cn1. The van der Waals surface area contributed by atoms with Crippen molar-refractivity contribution >= 4 is 18.2 Å². The van der Waals surface area contributed by atoms with E-state index in [-0.39, 0.29) is 18.4 Å². The highest BCUT2D eigenvalue weighted by Crippen LogP contribution is 2.20. The second-order valence-electron chi connectivity index (χ2n) is 3.75. The van der Waals surface area contributed by atoms with E-state index in [1.165, 1.54) is 6.20 Å². The van der Waals surface area contributed by atoms with Gasteiger partial charge in [0.1, 0.15) is 5.82 Å². The highest BCUT2D eigenvalue weighted by molar-refractivity contribution is 5.85. The van der Waals surface area contributed by atoms with Gasteiger partial charge in [0, 0.05) is 0 Å². The predicted octanol–water partition coefficient (Wildman–Crippen LogP) is 2.00. The van der Waals surface area contributed by atoms with Crippen LogP contribution < -0.4 is 10.6 Å². The molecule has 0 spiro atoms. The Morgan fingerprint density at radius 1 is 1.41 bits per heavy atom. The molecule has 17 heavy (non-hydrogen) atoms. The summed E-state index contributed by atoms with van der Waals surface area (Å²) >= 11 is 0. The van der Waals surface area contributed by atoms with Crippen molar-refractivity contribution in [3.8, 4) is 0 Å². The van der Waals surface area contributed by atoms with Gasteiger partial charge in [0.25, 0.3) is 6.43 Å². The van der Waals surface area contributed by atoms with Gasteiger partial charge in [0.2, 0.25) is 0 Å². The second kappa shape index (κ2) is 6.66. The molecule has 0 radical (unpaired) electrons. The van der Waals surface area contributed by atoms with Gasteiger partial charge < -0.3 is 10.6 Å². The van der Waals surface area contributed by atoms with Crippen LogP contribution in [-0.4, -0.2) is 29.5 Å². The Bertz CT molecular complexity index is 328. The van der Waals surface area contributed by atoms with Crippen molar-refractivity contribution in [1.29, 1.82) is 0 Å². The minimum Gasteiger partial charge on any atom is -0.363 e. The number of anilines is 1. The number of alkyl halides is 2. The van der Waals surface area contributed by atoms with E-state index in [0.717, 1.165) is 25.1 Å². The molecule has 2 heterocycles. The molecular formula is C10H15ClF2N4. The average molecular weight is 265 g/mol. The molecule has 1 aromatic heterocycles. The third kappa shape index (κ3) is 4.05. The highest BCUT2D eigenvalue weighted by Gasteiger charge is 2.17. The molecular weight excluding hydrogens is 250 g/mol. The molecule has 4 nitrogen and oxygen atoms in total. The second-order valence-corrected chi connectivity index (χ2v) is 3.75. The van der Waals surface area contributed by atoms with Gasteiger partial charge in [-0.15, -0.1) is 12.4 Å². The number of hydrogen-bond acceptors (Lipinski definition) is 4. The third-order valence-electron chi connectivity index (χ3n) is 2.53. The summed E-state index contributed by atoms with van der Waals surface area (Å²) < 4.78 is 23.8. The van der Waals surface area contributed by atoms with Crippen LogP contribution in [0.15, 0.2) is 12.4 Å². The van der Waals surface area contributed by atoms with Gasteiger partial charge in [-0.1, -0.05) is 0 Å². The molecule has 1 saturated heterocycles. The number of rotatable bonds is 4. The first kappa shape index (κ1) is 14.1. The lowest BCUT2D eigenvalue weighted by atomic mass is 10.2. The zero-order valence-corrected chi connectivity index (χ0v) is 10.0. The molecule has 2 rings (SSSR count). The Morgan fingerprint density at radius 3 is 2.76 bits per heavy atom. The van der Waals surface area contributed by atoms with E-state index < -0.39 is 13.0 Å². The van der Waals surface area contributed by atoms with Crippen LogP contribution in [0.5, 0.6) is 0 Å². The largest absolute Gasteiger partial charge is 0.363 e. The van der Waals surface area contributed by atoms with Crippen LogP contribution >= 0.6 is 12.4 Å². The van der Waals surface area contributed by atoms with Crippen LogP contribution in [0.3, 0.4) is 0 Å². The van der Waals surface area contributed by atoms with Crippen molar-refractivity contribution in [1.82, 2.24) is 15.3 Å². The number of aromatic nitrogens is 2. The Balaban J connectivity index is 0.00000144. The van der Waals surface area contributed by atoms with Crippen molar-refractivity contribution in [3.05, 3.63) is 18.1 Å². The van der Waals surface area contributed by atoms with Gasteiger partial charge >= 0.3 is 0 Å². The molecule has 1 unspecified atom stereocenters. The molecule has 0 bridgehead atoms. The summed E-state index contributed by atoms with van der Waals surface area (Å²) in [6, 6.07) is 0.261. The monoisotopic (exact) mass is 264 g/mol. The van der Waals surface area contributed by atoms with Gasteiger partial charge in [-0.05, 0) is 19.4 Å². The smallest absolute Gasteiger partial charge is 0.255 e. The van der Waals surface area contributed by atoms with Crippen molar-refractivity contribution in [2.24, 2.45) is 0 Å². The molecule has 1 aliphatic rings. The van der Waals surface area contributed by atoms with E-state index >= 15 is 0 Å². The molecule has 96 valence electrons. The van der Waals surface area contributed by atoms with Gasteiger partial charge in [-0.2, -0.15) is 0 Å². The van der Waals surface area contributed by atoms with Gasteiger partial charge in [-0.3, -0.25) is 4.98 Å². The Morgan fingerprint density at radius 2 is 2.24 bits per heavy atom. The highest BCUT2D eigenvalue weighted by atomic mass is 35.5. The zero-order valence-electron chi connectivity index (χ0n) is 9.20. The van der Waals surface area contributed by atoms with E-state index in [0.29, 0.717) is 5.82 Å². The Hall–Kier alpha value is -1.01. The molecule has 1 aliphatic heterocycles. The normalized spacial score (nSPS) is 19.1. The summed E-state index contributed by atoms with van der Waals surface area (Å²) in [5.74, 6) is 0.391. The Kier molecular flexibility index (Phi) is 5.50. The standard InChI is InChI=1S/C10H14F2N4.ClH/c11-9(12)5-16-10-6-14-8(4-15-10)7-2-1-3-13-7;/h4,6-7,9,13H,1-3,5H2,(H,15,16);1H. The Labute approximate surface area is 105 Å². The molecule has 2 N–H and O–H groups in total. The van der Waals surface area contributed by atoms with Gasteiger partial charge in [0.05, 0.1) is 30.7 Å². The molecule has 7 heteroatoms. The first-order valence-corrected chi connectivity index (χ1v) is 5.33. The summed E-state index contributed by atoms with van der Waals surface area (Å²) in [4.78, 5) is 8.25. The van der Waals surface area contributed by atoms with Crippen LogP contribution in [0, 0.1) is 0 Å². The maximum atomic E-state index is 11.9. The van der Waals surface area contributed by atoms with Crippen LogP contribution in [0.1, 0.15) is 24.6 Å². The summed E-state index contributed by atoms with van der Waals surface area (Å²) in [7, 11) is 0. The summed E-state index contributed by atoms with van der Waals surface area (Å²) in [6.07, 6.45) is 2.95. The molecule has 0 aliphatic carbocycles. The molecule has 0 amide bonds. The lowest BCUT2D eigenvalue weighted by Crippen LogP contribution is -2.15. The maximum absolute atomic E-state index is 11.9. The van der Waals surface area contributed by atoms with E-state index in [2.05, 4.69) is 20.6 Å². The fraction of sp³-hybridized carbons (Fsp3) is 0.600. The molecule has 1 atom stereocenters. The van der Waals surface area contributed by atoms with Crippen LogP contribution in [-0.2, 0) is 0 Å². The quantitative estimate of drug-likeness (QED) is 0.873. The summed E-state index contributed by atoms with van der Waals surface area (Å²) in [5, 5.41) is 5.82. The van der Waals surface area contributed by atoms with Crippen molar-refractivity contribution < 1.29 is 8.78 Å². The molecule has 1 aromatic rings. The van der Waals surface area contributed by atoms with Gasteiger partial charge in [0.15, 0.2) is 0 Å². The average Bonchev–Trinajstić information content (AvgIpc) is 2.80. The topological polar surface area (TPSA) is 49.8 Å². The van der Waals surface area contributed by atoms with Crippen LogP contribution in [0.4, 0.5) is 14.6 Å². The van der Waals surface area contributed by atoms with Crippen LogP contribution in [0.2, 0.25) is 0 Å². The van der Waals surface area contributed by atoms with Crippen LogP contribution in [0.25, 0.3) is 0 Å². The van der Waals surface area contributed by atoms with Crippen molar-refractivity contribution in [2.75, 3.05) is 18.4 Å². The summed E-state index contributed by atoms with van der Waals surface area (Å²) in [6.45, 7) is 0.605. The zero-order chi connectivity index (χ0) is 11.4. The lowest BCUT2D eigenvalue weighted by molar-refractivity contribution is 0.163. The fourth-order valence-electron chi connectivity index (χ4n) is 1.73. The van der Waals surface area contributed by atoms with E-state index in [1.54, 1.807) is 6.20 Å². The van der Waals surface area contributed by atoms with E-state index in [9.17, 15) is 8.78 Å². The van der Waals surface area contributed by atoms with Crippen molar-refractivity contribution in [2.45, 2.75) is 25.3 Å². The first-order chi connectivity index (χ1) is 7.75. The number of halogens is 3. The molecule has 0 aromatic carbocycles. The first-order valence-electron chi connectivity index (χ1n) is 5.33. The number of nitrogens with one attached hydrogen (secondary N) is 2. The van der Waals surface area contributed by atoms with Gasteiger partial charge in [-0.25, -0.2) is 13.8 Å². The number of nitrogens with zero attached hydrogens (tertiary/aromatic N) is 2. The number of hydrogen-bond donors (Lipinski definition) is 2. The maximum Gasteiger partial charge on any atom is 0.255 e. The fourth-order valence-corrected chi connectivity index (χ4v) is 1.73. The van der Waals surface area contributed by atoms with E-state index in [1.807, 2.05) is 0 Å². The predicted molar refractivity (Wildman–Crippen MR) is 63.8 cm³/mol. The molecule has 0 saturated carbocycles. The minimum atomic E-state index is -2.38. The minimum absolute atomic E-state index is 0. The lowest BCUT2D eigenvalue weighted by Gasteiger charge is -2.09. The third-order valence-corrected chi connectivity index (χ3v) is 2.53. The summed E-state index contributed by atoms with van der Waals surface area (Å²) in [5.41, 5.74) is 0.875. The van der Waals surface area contributed by atoms with E-state index in [4.69, 9.17) is 0 Å².